The van der Waals surface area contributed by atoms with Crippen LogP contribution in [0.25, 0.3) is 6.08 Å². The minimum atomic E-state index is -0.143. The summed E-state index contributed by atoms with van der Waals surface area (Å²) in [5.74, 6) is 1.60. The van der Waals surface area contributed by atoms with Crippen LogP contribution >= 0.6 is 0 Å². The molecular weight excluding hydrogens is 364 g/mol. The molecule has 0 saturated carbocycles. The second-order valence-electron chi connectivity index (χ2n) is 5.57. The van der Waals surface area contributed by atoms with Crippen LogP contribution in [0, 0.1) is 0 Å². The number of rotatable bonds is 12. The molecule has 0 unspecified atom stereocenters. The summed E-state index contributed by atoms with van der Waals surface area (Å²) in [4.78, 5) is 12.4. The van der Waals surface area contributed by atoms with Gasteiger partial charge in [0.25, 0.3) is 0 Å². The second kappa shape index (κ2) is 11.8. The van der Waals surface area contributed by atoms with Crippen LogP contribution in [0.15, 0.2) is 48.5 Å². The fourth-order valence-corrected chi connectivity index (χ4v) is 2.22. The van der Waals surface area contributed by atoms with Gasteiger partial charge in [-0.1, -0.05) is 0 Å². The number of carbonyl (C=O) groups is 1. The number of ketones is 1. The fraction of sp³-hybridized carbons (Fsp3) is 0.286. The largest absolute Gasteiger partial charge is 0.468 e. The molecule has 0 N–H and O–H groups in total. The second-order valence-corrected chi connectivity index (χ2v) is 5.57. The molecule has 0 aliphatic carbocycles. The van der Waals surface area contributed by atoms with E-state index in [1.807, 2.05) is 0 Å². The van der Waals surface area contributed by atoms with Gasteiger partial charge in [0.15, 0.2) is 26.2 Å². The van der Waals surface area contributed by atoms with E-state index >= 15 is 0 Å². The van der Waals surface area contributed by atoms with Crippen molar-refractivity contribution in [1.29, 1.82) is 0 Å². The van der Waals surface area contributed by atoms with Crippen LogP contribution in [-0.4, -0.2) is 47.5 Å². The van der Waals surface area contributed by atoms with Crippen LogP contribution in [0.3, 0.4) is 0 Å². The third-order valence-corrected chi connectivity index (χ3v) is 3.56. The molecule has 2 rings (SSSR count). The Morgan fingerprint density at radius 3 is 2.00 bits per heavy atom. The molecule has 2 aromatic carbocycles. The highest BCUT2D eigenvalue weighted by molar-refractivity contribution is 6.07. The smallest absolute Gasteiger partial charge is 0.188 e. The van der Waals surface area contributed by atoms with Gasteiger partial charge in [-0.2, -0.15) is 0 Å². The summed E-state index contributed by atoms with van der Waals surface area (Å²) in [5, 5.41) is 0. The van der Waals surface area contributed by atoms with Gasteiger partial charge in [-0.15, -0.1) is 0 Å². The molecule has 7 heteroatoms. The Bertz CT molecular complexity index is 769. The highest BCUT2D eigenvalue weighted by atomic mass is 16.7. The average molecular weight is 388 g/mol. The van der Waals surface area contributed by atoms with Crippen LogP contribution < -0.4 is 14.2 Å². The van der Waals surface area contributed by atoms with Crippen LogP contribution in [-0.2, 0) is 14.2 Å². The minimum absolute atomic E-state index is 0.0749. The Morgan fingerprint density at radius 1 is 0.786 bits per heavy atom. The first kappa shape index (κ1) is 21.4. The molecule has 0 saturated heterocycles. The SMILES string of the molecule is COCOc1ccc(C(=O)/C=C/c2ccc(OCOC)cc2OCOC)cc1. The highest BCUT2D eigenvalue weighted by Crippen LogP contribution is 2.26. The number of carbonyl (C=O) groups excluding carboxylic acids is 1. The molecule has 0 fully saturated rings. The van der Waals surface area contributed by atoms with E-state index in [0.29, 0.717) is 22.8 Å². The summed E-state index contributed by atoms with van der Waals surface area (Å²) >= 11 is 0. The minimum Gasteiger partial charge on any atom is -0.468 e. The topological polar surface area (TPSA) is 72.5 Å². The van der Waals surface area contributed by atoms with E-state index in [4.69, 9.17) is 28.4 Å². The van der Waals surface area contributed by atoms with Gasteiger partial charge >= 0.3 is 0 Å². The molecule has 7 nitrogen and oxygen atoms in total. The van der Waals surface area contributed by atoms with Crippen molar-refractivity contribution >= 4 is 11.9 Å². The summed E-state index contributed by atoms with van der Waals surface area (Å²) in [6, 6.07) is 12.1. The number of allylic oxidation sites excluding steroid dienone is 1. The van der Waals surface area contributed by atoms with E-state index in [1.54, 1.807) is 62.8 Å². The zero-order valence-corrected chi connectivity index (χ0v) is 16.2. The molecule has 0 heterocycles. The Balaban J connectivity index is 2.11. The molecule has 150 valence electrons. The molecule has 28 heavy (non-hydrogen) atoms. The van der Waals surface area contributed by atoms with Gasteiger partial charge in [0, 0.05) is 38.5 Å². The van der Waals surface area contributed by atoms with Crippen molar-refractivity contribution in [1.82, 2.24) is 0 Å². The zero-order valence-electron chi connectivity index (χ0n) is 16.2. The molecule has 0 aliphatic heterocycles. The molecule has 0 aliphatic rings. The number of hydrogen-bond donors (Lipinski definition) is 0. The van der Waals surface area contributed by atoms with Gasteiger partial charge in [-0.05, 0) is 48.6 Å². The predicted molar refractivity (Wildman–Crippen MR) is 104 cm³/mol. The van der Waals surface area contributed by atoms with E-state index in [1.165, 1.54) is 13.2 Å². The summed E-state index contributed by atoms with van der Waals surface area (Å²) in [5.41, 5.74) is 1.26. The van der Waals surface area contributed by atoms with Crippen LogP contribution in [0.4, 0.5) is 0 Å². The third-order valence-electron chi connectivity index (χ3n) is 3.56. The number of hydrogen-bond acceptors (Lipinski definition) is 7. The maximum atomic E-state index is 12.4. The summed E-state index contributed by atoms with van der Waals surface area (Å²) in [7, 11) is 4.62. The molecule has 0 atom stereocenters. The molecule has 0 radical (unpaired) electrons. The Kier molecular flexibility index (Phi) is 9.00. The highest BCUT2D eigenvalue weighted by Gasteiger charge is 2.07. The normalized spacial score (nSPS) is 10.8. The number of benzene rings is 2. The lowest BCUT2D eigenvalue weighted by Crippen LogP contribution is -2.03. The zero-order chi connectivity index (χ0) is 20.2. The quantitative estimate of drug-likeness (QED) is 0.313. The van der Waals surface area contributed by atoms with Gasteiger partial charge in [0.05, 0.1) is 0 Å². The Morgan fingerprint density at radius 2 is 1.36 bits per heavy atom. The molecule has 0 spiro atoms. The van der Waals surface area contributed by atoms with E-state index in [9.17, 15) is 4.79 Å². The lowest BCUT2D eigenvalue weighted by molar-refractivity contribution is 0.0459. The van der Waals surface area contributed by atoms with E-state index in [0.717, 1.165) is 5.56 Å². The monoisotopic (exact) mass is 388 g/mol. The number of ether oxygens (including phenoxy) is 6. The van der Waals surface area contributed by atoms with Gasteiger partial charge < -0.3 is 28.4 Å². The van der Waals surface area contributed by atoms with Crippen LogP contribution in [0.5, 0.6) is 17.2 Å². The van der Waals surface area contributed by atoms with Crippen molar-refractivity contribution in [2.24, 2.45) is 0 Å². The van der Waals surface area contributed by atoms with Crippen molar-refractivity contribution in [2.75, 3.05) is 41.7 Å². The van der Waals surface area contributed by atoms with Crippen LogP contribution in [0.2, 0.25) is 0 Å². The first-order chi connectivity index (χ1) is 13.7. The van der Waals surface area contributed by atoms with Crippen molar-refractivity contribution in [3.8, 4) is 17.2 Å². The maximum absolute atomic E-state index is 12.4. The standard InChI is InChI=1S/C21H24O7/c1-23-13-26-18-8-4-16(5-9-18)20(22)11-7-17-6-10-19(27-14-24-2)12-21(17)28-15-25-3/h4-12H,13-15H2,1-3H3/b11-7+. The Hall–Kier alpha value is -2.87. The molecule has 0 aromatic heterocycles. The Labute approximate surface area is 164 Å². The average Bonchev–Trinajstić information content (AvgIpc) is 2.74. The first-order valence-electron chi connectivity index (χ1n) is 8.49. The lowest BCUT2D eigenvalue weighted by atomic mass is 10.1. The fourth-order valence-electron chi connectivity index (χ4n) is 2.22. The summed E-state index contributed by atoms with van der Waals surface area (Å²) in [6.07, 6.45) is 3.17. The summed E-state index contributed by atoms with van der Waals surface area (Å²) < 4.78 is 31.0. The molecule has 0 amide bonds. The molecule has 2 aromatic rings. The maximum Gasteiger partial charge on any atom is 0.188 e. The predicted octanol–water partition coefficient (Wildman–Crippen LogP) is 3.53. The third kappa shape index (κ3) is 6.70. The molecular formula is C21H24O7. The molecule has 0 bridgehead atoms. The number of methoxy groups -OCH3 is 3. The van der Waals surface area contributed by atoms with Crippen molar-refractivity contribution in [3.05, 3.63) is 59.7 Å². The van der Waals surface area contributed by atoms with Crippen molar-refractivity contribution in [3.63, 3.8) is 0 Å². The first-order valence-corrected chi connectivity index (χ1v) is 8.49. The van der Waals surface area contributed by atoms with E-state index < -0.39 is 0 Å². The van der Waals surface area contributed by atoms with Crippen molar-refractivity contribution in [2.45, 2.75) is 0 Å². The van der Waals surface area contributed by atoms with Crippen LogP contribution in [0.1, 0.15) is 15.9 Å². The lowest BCUT2D eigenvalue weighted by Gasteiger charge is -2.11. The van der Waals surface area contributed by atoms with E-state index in [-0.39, 0.29) is 26.2 Å². The van der Waals surface area contributed by atoms with Gasteiger partial charge in [0.1, 0.15) is 17.2 Å². The van der Waals surface area contributed by atoms with Gasteiger partial charge in [0.2, 0.25) is 0 Å². The van der Waals surface area contributed by atoms with Gasteiger partial charge in [-0.3, -0.25) is 4.79 Å². The van der Waals surface area contributed by atoms with Gasteiger partial charge in [-0.25, -0.2) is 0 Å². The van der Waals surface area contributed by atoms with Crippen molar-refractivity contribution < 1.29 is 33.2 Å². The summed E-state index contributed by atoms with van der Waals surface area (Å²) in [6.45, 7) is 0.356. The van der Waals surface area contributed by atoms with E-state index in [2.05, 4.69) is 0 Å².